The van der Waals surface area contributed by atoms with E-state index in [-0.39, 0.29) is 6.04 Å². The molecule has 2 atom stereocenters. The Labute approximate surface area is 137 Å². The van der Waals surface area contributed by atoms with E-state index in [9.17, 15) is 5.26 Å². The van der Waals surface area contributed by atoms with Crippen molar-refractivity contribution in [3.63, 3.8) is 0 Å². The van der Waals surface area contributed by atoms with Crippen LogP contribution in [0.4, 0.5) is 5.82 Å². The van der Waals surface area contributed by atoms with E-state index in [1.807, 2.05) is 24.3 Å². The first-order chi connectivity index (χ1) is 10.6. The van der Waals surface area contributed by atoms with Crippen LogP contribution in [0.15, 0.2) is 28.7 Å². The molecule has 2 aromatic rings. The van der Waals surface area contributed by atoms with Crippen LogP contribution in [0.25, 0.3) is 11.3 Å². The van der Waals surface area contributed by atoms with Crippen molar-refractivity contribution in [2.24, 2.45) is 5.92 Å². The third-order valence-corrected chi connectivity index (χ3v) is 4.74. The quantitative estimate of drug-likeness (QED) is 0.909. The molecule has 2 N–H and O–H groups in total. The second-order valence-electron chi connectivity index (χ2n) is 5.54. The SMILES string of the molecule is CC(C1CCOC1)n1nc(-c2ccc(Br)cc2)c(C#N)c1N. The van der Waals surface area contributed by atoms with Gasteiger partial charge in [-0.15, -0.1) is 0 Å². The fourth-order valence-corrected chi connectivity index (χ4v) is 3.08. The summed E-state index contributed by atoms with van der Waals surface area (Å²) in [6, 6.07) is 10.0. The molecule has 1 aromatic heterocycles. The van der Waals surface area contributed by atoms with Gasteiger partial charge < -0.3 is 10.5 Å². The lowest BCUT2D eigenvalue weighted by Gasteiger charge is -2.19. The second-order valence-corrected chi connectivity index (χ2v) is 6.45. The fraction of sp³-hybridized carbons (Fsp3) is 0.375. The van der Waals surface area contributed by atoms with E-state index in [1.54, 1.807) is 4.68 Å². The fourth-order valence-electron chi connectivity index (χ4n) is 2.81. The minimum absolute atomic E-state index is 0.110. The monoisotopic (exact) mass is 360 g/mol. The van der Waals surface area contributed by atoms with Gasteiger partial charge in [0.1, 0.15) is 23.1 Å². The largest absolute Gasteiger partial charge is 0.383 e. The van der Waals surface area contributed by atoms with Crippen LogP contribution in [0.3, 0.4) is 0 Å². The molecular weight excluding hydrogens is 344 g/mol. The van der Waals surface area contributed by atoms with E-state index in [0.29, 0.717) is 23.0 Å². The summed E-state index contributed by atoms with van der Waals surface area (Å²) in [5.41, 5.74) is 8.14. The van der Waals surface area contributed by atoms with Crippen LogP contribution in [0.1, 0.15) is 24.9 Å². The maximum atomic E-state index is 9.46. The van der Waals surface area contributed by atoms with Crippen molar-refractivity contribution in [2.75, 3.05) is 18.9 Å². The number of hydrogen-bond donors (Lipinski definition) is 1. The molecule has 1 saturated heterocycles. The van der Waals surface area contributed by atoms with E-state index in [0.717, 1.165) is 29.7 Å². The normalized spacial score (nSPS) is 19.0. The van der Waals surface area contributed by atoms with Crippen LogP contribution >= 0.6 is 15.9 Å². The highest BCUT2D eigenvalue weighted by molar-refractivity contribution is 9.10. The van der Waals surface area contributed by atoms with Gasteiger partial charge in [0.2, 0.25) is 0 Å². The molecule has 1 fully saturated rings. The second kappa shape index (κ2) is 6.11. The van der Waals surface area contributed by atoms with Gasteiger partial charge in [0, 0.05) is 22.6 Å². The number of ether oxygens (including phenoxy) is 1. The van der Waals surface area contributed by atoms with Crippen LogP contribution in [-0.4, -0.2) is 23.0 Å². The summed E-state index contributed by atoms with van der Waals surface area (Å²) < 4.78 is 8.21. The van der Waals surface area contributed by atoms with E-state index in [2.05, 4.69) is 34.0 Å². The van der Waals surface area contributed by atoms with Crippen molar-refractivity contribution in [1.82, 2.24) is 9.78 Å². The van der Waals surface area contributed by atoms with E-state index < -0.39 is 0 Å². The van der Waals surface area contributed by atoms with Gasteiger partial charge in [-0.1, -0.05) is 28.1 Å². The number of aromatic nitrogens is 2. The van der Waals surface area contributed by atoms with E-state index >= 15 is 0 Å². The zero-order valence-electron chi connectivity index (χ0n) is 12.3. The highest BCUT2D eigenvalue weighted by atomic mass is 79.9. The van der Waals surface area contributed by atoms with Crippen LogP contribution in [-0.2, 0) is 4.74 Å². The number of nitrogens with two attached hydrogens (primary N) is 1. The Hall–Kier alpha value is -1.84. The molecule has 0 spiro atoms. The number of halogens is 1. The summed E-state index contributed by atoms with van der Waals surface area (Å²) in [5, 5.41) is 14.1. The molecule has 0 radical (unpaired) electrons. The van der Waals surface area contributed by atoms with Crippen molar-refractivity contribution in [1.29, 1.82) is 5.26 Å². The molecule has 114 valence electrons. The van der Waals surface area contributed by atoms with Gasteiger partial charge in [0.15, 0.2) is 0 Å². The van der Waals surface area contributed by atoms with Crippen LogP contribution in [0.5, 0.6) is 0 Å². The Morgan fingerprint density at radius 3 is 2.77 bits per heavy atom. The zero-order chi connectivity index (χ0) is 15.7. The lowest BCUT2D eigenvalue weighted by Crippen LogP contribution is -2.19. The highest BCUT2D eigenvalue weighted by Crippen LogP contribution is 2.33. The summed E-state index contributed by atoms with van der Waals surface area (Å²) >= 11 is 3.41. The summed E-state index contributed by atoms with van der Waals surface area (Å²) in [4.78, 5) is 0. The predicted octanol–water partition coefficient (Wildman–Crippen LogP) is 3.36. The van der Waals surface area contributed by atoms with Gasteiger partial charge in [-0.05, 0) is 25.5 Å². The van der Waals surface area contributed by atoms with Crippen molar-refractivity contribution in [2.45, 2.75) is 19.4 Å². The third-order valence-electron chi connectivity index (χ3n) is 4.21. The van der Waals surface area contributed by atoms with Crippen molar-refractivity contribution in [3.05, 3.63) is 34.3 Å². The molecule has 1 aliphatic heterocycles. The number of benzene rings is 1. The number of nitrogen functional groups attached to an aromatic ring is 1. The molecule has 0 aliphatic carbocycles. The molecule has 0 bridgehead atoms. The number of hydrogen-bond acceptors (Lipinski definition) is 4. The average Bonchev–Trinajstić information content (AvgIpc) is 3.15. The van der Waals surface area contributed by atoms with Gasteiger partial charge in [0.25, 0.3) is 0 Å². The summed E-state index contributed by atoms with van der Waals surface area (Å²) in [7, 11) is 0. The third kappa shape index (κ3) is 2.62. The minimum atomic E-state index is 0.110. The maximum absolute atomic E-state index is 9.46. The molecular formula is C16H17BrN4O. The van der Waals surface area contributed by atoms with Gasteiger partial charge >= 0.3 is 0 Å². The van der Waals surface area contributed by atoms with Crippen LogP contribution in [0.2, 0.25) is 0 Å². The Morgan fingerprint density at radius 1 is 1.45 bits per heavy atom. The Balaban J connectivity index is 2.03. The molecule has 22 heavy (non-hydrogen) atoms. The Morgan fingerprint density at radius 2 is 2.18 bits per heavy atom. The van der Waals surface area contributed by atoms with E-state index in [4.69, 9.17) is 10.5 Å². The van der Waals surface area contributed by atoms with Gasteiger partial charge in [-0.25, -0.2) is 4.68 Å². The van der Waals surface area contributed by atoms with E-state index in [1.165, 1.54) is 0 Å². The number of nitriles is 1. The van der Waals surface area contributed by atoms with Gasteiger partial charge in [-0.3, -0.25) is 0 Å². The molecule has 0 amide bonds. The maximum Gasteiger partial charge on any atom is 0.140 e. The standard InChI is InChI=1S/C16H17BrN4O/c1-10(12-6-7-22-9-12)21-16(19)14(8-18)15(20-21)11-2-4-13(17)5-3-11/h2-5,10,12H,6-7,9,19H2,1H3. The first-order valence-corrected chi connectivity index (χ1v) is 8.03. The first-order valence-electron chi connectivity index (χ1n) is 7.23. The van der Waals surface area contributed by atoms with Crippen molar-refractivity contribution in [3.8, 4) is 17.3 Å². The number of rotatable bonds is 3. The molecule has 2 heterocycles. The Kier molecular flexibility index (Phi) is 4.19. The van der Waals surface area contributed by atoms with Gasteiger partial charge in [-0.2, -0.15) is 10.4 Å². The number of nitrogens with zero attached hydrogens (tertiary/aromatic N) is 3. The average molecular weight is 361 g/mol. The van der Waals surface area contributed by atoms with Gasteiger partial charge in [0.05, 0.1) is 12.6 Å². The van der Waals surface area contributed by atoms with Crippen molar-refractivity contribution < 1.29 is 4.74 Å². The lowest BCUT2D eigenvalue weighted by atomic mass is 10.0. The zero-order valence-corrected chi connectivity index (χ0v) is 13.9. The molecule has 1 aromatic carbocycles. The molecule has 1 aliphatic rings. The molecule has 5 nitrogen and oxygen atoms in total. The summed E-state index contributed by atoms with van der Waals surface area (Å²) in [6.07, 6.45) is 0.996. The minimum Gasteiger partial charge on any atom is -0.383 e. The molecule has 0 saturated carbocycles. The lowest BCUT2D eigenvalue weighted by molar-refractivity contribution is 0.173. The summed E-state index contributed by atoms with van der Waals surface area (Å²) in [5.74, 6) is 0.811. The number of anilines is 1. The summed E-state index contributed by atoms with van der Waals surface area (Å²) in [6.45, 7) is 3.58. The predicted molar refractivity (Wildman–Crippen MR) is 88.1 cm³/mol. The van der Waals surface area contributed by atoms with Crippen LogP contribution < -0.4 is 5.73 Å². The Bertz CT molecular complexity index is 711. The topological polar surface area (TPSA) is 76.9 Å². The smallest absolute Gasteiger partial charge is 0.140 e. The molecule has 2 unspecified atom stereocenters. The van der Waals surface area contributed by atoms with Crippen LogP contribution in [0, 0.1) is 17.2 Å². The molecule has 6 heteroatoms. The van der Waals surface area contributed by atoms with Crippen molar-refractivity contribution >= 4 is 21.7 Å². The first kappa shape index (κ1) is 15.1. The highest BCUT2D eigenvalue weighted by Gasteiger charge is 2.28. The molecule has 3 rings (SSSR count).